The molecule has 0 heterocycles. The Morgan fingerprint density at radius 3 is 2.70 bits per heavy atom. The van der Waals surface area contributed by atoms with Crippen molar-refractivity contribution >= 4 is 17.5 Å². The van der Waals surface area contributed by atoms with E-state index >= 15 is 0 Å². The maximum absolute atomic E-state index is 13.0. The van der Waals surface area contributed by atoms with E-state index < -0.39 is 35.5 Å². The van der Waals surface area contributed by atoms with Gasteiger partial charge in [-0.1, -0.05) is 32.4 Å². The molecule has 3 fully saturated rings. The van der Waals surface area contributed by atoms with Crippen LogP contribution >= 0.6 is 0 Å². The molecule has 0 bridgehead atoms. The first kappa shape index (κ1) is 21.4. The summed E-state index contributed by atoms with van der Waals surface area (Å²) < 4.78 is 5.03. The Balaban J connectivity index is 1.63. The van der Waals surface area contributed by atoms with Crippen molar-refractivity contribution in [2.45, 2.75) is 71.0 Å². The van der Waals surface area contributed by atoms with Crippen LogP contribution in [-0.2, 0) is 19.1 Å². The van der Waals surface area contributed by atoms with Gasteiger partial charge in [-0.15, -0.1) is 0 Å². The fraction of sp³-hybridized carbons (Fsp3) is 0.708. The van der Waals surface area contributed by atoms with E-state index in [1.54, 1.807) is 19.1 Å². The van der Waals surface area contributed by atoms with E-state index in [1.165, 1.54) is 0 Å². The summed E-state index contributed by atoms with van der Waals surface area (Å²) in [7, 11) is 0. The van der Waals surface area contributed by atoms with E-state index in [2.05, 4.69) is 6.92 Å². The first-order chi connectivity index (χ1) is 14.1. The van der Waals surface area contributed by atoms with E-state index in [9.17, 15) is 24.6 Å². The van der Waals surface area contributed by atoms with Crippen molar-refractivity contribution in [3.63, 3.8) is 0 Å². The van der Waals surface area contributed by atoms with Crippen LogP contribution in [0.5, 0.6) is 0 Å². The molecule has 0 aromatic rings. The van der Waals surface area contributed by atoms with Crippen LogP contribution in [0.3, 0.4) is 0 Å². The van der Waals surface area contributed by atoms with Gasteiger partial charge in [0.1, 0.15) is 5.60 Å². The maximum Gasteiger partial charge on any atom is 0.305 e. The van der Waals surface area contributed by atoms with Crippen LogP contribution in [0.2, 0.25) is 0 Å². The standard InChI is InChI=1S/C24H32O6/c1-4-20(28)30-13-19(27)24(29)10-8-17-16-6-5-14-11-15(25)7-9-22(14,2)21(16)18(26)12-23(17,24)3/h7,9,11,16-18,21,26,29H,4-6,8,10,12-13H2,1-3H3. The number of esters is 1. The molecule has 4 aliphatic rings. The molecule has 4 rings (SSSR count). The highest BCUT2D eigenvalue weighted by molar-refractivity contribution is 6.01. The second-order valence-electron chi connectivity index (χ2n) is 10.0. The van der Waals surface area contributed by atoms with Gasteiger partial charge in [-0.05, 0) is 56.1 Å². The first-order valence-corrected chi connectivity index (χ1v) is 11.1. The predicted molar refractivity (Wildman–Crippen MR) is 109 cm³/mol. The van der Waals surface area contributed by atoms with Gasteiger partial charge in [0.25, 0.3) is 0 Å². The summed E-state index contributed by atoms with van der Waals surface area (Å²) in [6.45, 7) is 5.25. The third kappa shape index (κ3) is 2.87. The maximum atomic E-state index is 13.0. The lowest BCUT2D eigenvalue weighted by molar-refractivity contribution is -0.181. The van der Waals surface area contributed by atoms with Gasteiger partial charge in [0.2, 0.25) is 5.78 Å². The van der Waals surface area contributed by atoms with Crippen molar-refractivity contribution in [2.75, 3.05) is 6.61 Å². The third-order valence-electron chi connectivity index (χ3n) is 8.76. The van der Waals surface area contributed by atoms with Crippen LogP contribution in [0.25, 0.3) is 0 Å². The van der Waals surface area contributed by atoms with E-state index in [0.717, 1.165) is 18.4 Å². The largest absolute Gasteiger partial charge is 0.458 e. The zero-order valence-electron chi connectivity index (χ0n) is 18.0. The third-order valence-corrected chi connectivity index (χ3v) is 8.76. The van der Waals surface area contributed by atoms with Crippen LogP contribution in [0.15, 0.2) is 23.8 Å². The fourth-order valence-corrected chi connectivity index (χ4v) is 7.16. The lowest BCUT2D eigenvalue weighted by atomic mass is 9.46. The number of carbonyl (C=O) groups is 3. The van der Waals surface area contributed by atoms with Crippen LogP contribution in [0.4, 0.5) is 0 Å². The summed E-state index contributed by atoms with van der Waals surface area (Å²) in [4.78, 5) is 36.4. The summed E-state index contributed by atoms with van der Waals surface area (Å²) >= 11 is 0. The van der Waals surface area contributed by atoms with Crippen molar-refractivity contribution in [3.05, 3.63) is 23.8 Å². The monoisotopic (exact) mass is 416 g/mol. The smallest absolute Gasteiger partial charge is 0.305 e. The topological polar surface area (TPSA) is 101 Å². The minimum Gasteiger partial charge on any atom is -0.458 e. The van der Waals surface area contributed by atoms with Gasteiger partial charge < -0.3 is 14.9 Å². The van der Waals surface area contributed by atoms with Gasteiger partial charge in [0.15, 0.2) is 12.4 Å². The van der Waals surface area contributed by atoms with Crippen molar-refractivity contribution in [2.24, 2.45) is 28.6 Å². The number of rotatable bonds is 4. The Bertz CT molecular complexity index is 843. The summed E-state index contributed by atoms with van der Waals surface area (Å²) in [5.41, 5.74) is -1.67. The molecule has 0 spiro atoms. The SMILES string of the molecule is CCC(=O)OCC(=O)C1(O)CCC2C3CCC4=CC(=O)C=CC4(C)C3C(O)CC21C. The van der Waals surface area contributed by atoms with Gasteiger partial charge in [-0.3, -0.25) is 14.4 Å². The minimum absolute atomic E-state index is 0.00136. The number of Topliss-reactive ketones (excluding diaryl/α,β-unsaturated/α-hetero) is 1. The Labute approximate surface area is 177 Å². The average molecular weight is 417 g/mol. The average Bonchev–Trinajstić information content (AvgIpc) is 2.97. The number of ether oxygens (including phenoxy) is 1. The molecule has 3 saturated carbocycles. The molecule has 164 valence electrons. The molecule has 2 N–H and O–H groups in total. The lowest BCUT2D eigenvalue weighted by Gasteiger charge is -2.59. The zero-order valence-corrected chi connectivity index (χ0v) is 18.0. The van der Waals surface area contributed by atoms with E-state index in [4.69, 9.17) is 4.74 Å². The number of allylic oxidation sites excluding steroid dienone is 4. The van der Waals surface area contributed by atoms with E-state index in [0.29, 0.717) is 19.3 Å². The Hall–Kier alpha value is -1.79. The molecule has 0 amide bonds. The summed E-state index contributed by atoms with van der Waals surface area (Å²) in [5.74, 6) is -0.738. The predicted octanol–water partition coefficient (Wildman–Crippen LogP) is 2.52. The van der Waals surface area contributed by atoms with Gasteiger partial charge in [0.05, 0.1) is 6.10 Å². The van der Waals surface area contributed by atoms with Gasteiger partial charge in [0, 0.05) is 23.2 Å². The summed E-state index contributed by atoms with van der Waals surface area (Å²) in [6, 6.07) is 0. The van der Waals surface area contributed by atoms with Crippen LogP contribution in [-0.4, -0.2) is 46.1 Å². The Kier molecular flexibility index (Phi) is 5.09. The van der Waals surface area contributed by atoms with Crippen molar-refractivity contribution in [3.8, 4) is 0 Å². The number of carbonyl (C=O) groups excluding carboxylic acids is 3. The molecule has 6 nitrogen and oxygen atoms in total. The van der Waals surface area contributed by atoms with Crippen molar-refractivity contribution < 1.29 is 29.3 Å². The number of fused-ring (bicyclic) bond motifs is 5. The highest BCUT2D eigenvalue weighted by atomic mass is 16.5. The highest BCUT2D eigenvalue weighted by Gasteiger charge is 2.68. The molecule has 4 aliphatic carbocycles. The minimum atomic E-state index is -1.60. The number of hydrogen-bond donors (Lipinski definition) is 2. The van der Waals surface area contributed by atoms with Crippen molar-refractivity contribution in [1.82, 2.24) is 0 Å². The first-order valence-electron chi connectivity index (χ1n) is 11.1. The second-order valence-corrected chi connectivity index (χ2v) is 10.0. The molecule has 6 heteroatoms. The summed E-state index contributed by atoms with van der Waals surface area (Å²) in [5, 5.41) is 22.8. The van der Waals surface area contributed by atoms with Crippen LogP contribution < -0.4 is 0 Å². The Morgan fingerprint density at radius 1 is 1.27 bits per heavy atom. The molecule has 0 radical (unpaired) electrons. The molecule has 30 heavy (non-hydrogen) atoms. The number of ketones is 2. The normalized spacial score (nSPS) is 44.6. The van der Waals surface area contributed by atoms with Crippen LogP contribution in [0.1, 0.15) is 59.3 Å². The highest BCUT2D eigenvalue weighted by Crippen LogP contribution is 2.67. The number of aliphatic hydroxyl groups excluding tert-OH is 1. The lowest BCUT2D eigenvalue weighted by Crippen LogP contribution is -2.61. The van der Waals surface area contributed by atoms with E-state index in [-0.39, 0.29) is 35.4 Å². The molecular formula is C24H32O6. The van der Waals surface area contributed by atoms with Gasteiger partial charge >= 0.3 is 5.97 Å². The van der Waals surface area contributed by atoms with Gasteiger partial charge in [-0.25, -0.2) is 0 Å². The second kappa shape index (κ2) is 7.13. The Morgan fingerprint density at radius 2 is 2.00 bits per heavy atom. The van der Waals surface area contributed by atoms with Gasteiger partial charge in [-0.2, -0.15) is 0 Å². The summed E-state index contributed by atoms with van der Waals surface area (Å²) in [6.07, 6.45) is 7.70. The quantitative estimate of drug-likeness (QED) is 0.683. The molecule has 0 saturated heterocycles. The number of hydrogen-bond acceptors (Lipinski definition) is 6. The fourth-order valence-electron chi connectivity index (χ4n) is 7.16. The molecule has 0 aromatic heterocycles. The molecule has 7 unspecified atom stereocenters. The molecular weight excluding hydrogens is 384 g/mol. The molecule has 0 aromatic carbocycles. The molecule has 0 aliphatic heterocycles. The number of aliphatic hydroxyl groups is 2. The van der Waals surface area contributed by atoms with Crippen LogP contribution in [0, 0.1) is 28.6 Å². The molecule has 7 atom stereocenters. The zero-order chi connectivity index (χ0) is 21.9. The van der Waals surface area contributed by atoms with Crippen molar-refractivity contribution in [1.29, 1.82) is 0 Å². The van der Waals surface area contributed by atoms with E-state index in [1.807, 2.05) is 13.0 Å².